The highest BCUT2D eigenvalue weighted by Gasteiger charge is 2.27. The molecule has 0 spiro atoms. The van der Waals surface area contributed by atoms with E-state index in [1.807, 2.05) is 16.8 Å². The van der Waals surface area contributed by atoms with Crippen molar-refractivity contribution in [3.63, 3.8) is 0 Å². The molecule has 1 fully saturated rings. The number of nitrogens with zero attached hydrogens (tertiary/aromatic N) is 4. The summed E-state index contributed by atoms with van der Waals surface area (Å²) in [6.45, 7) is 0.893. The minimum Gasteiger partial charge on any atom is -0.384 e. The van der Waals surface area contributed by atoms with E-state index >= 15 is 0 Å². The topological polar surface area (TPSA) is 55.6 Å². The van der Waals surface area contributed by atoms with Crippen LogP contribution < -0.4 is 5.32 Å². The van der Waals surface area contributed by atoms with Gasteiger partial charge in [0.25, 0.3) is 0 Å². The average molecular weight is 340 g/mol. The Morgan fingerprint density at radius 3 is 2.84 bits per heavy atom. The number of hydrogen-bond donors (Lipinski definition) is 1. The maximum Gasteiger partial charge on any atom is 0.209 e. The van der Waals surface area contributed by atoms with Crippen LogP contribution in [0.4, 0.5) is 5.69 Å². The van der Waals surface area contributed by atoms with E-state index in [9.17, 15) is 0 Å². The van der Waals surface area contributed by atoms with Crippen LogP contribution in [-0.2, 0) is 0 Å². The van der Waals surface area contributed by atoms with Gasteiger partial charge in [-0.2, -0.15) is 0 Å². The Hall–Kier alpha value is -1.08. The number of benzene rings is 1. The van der Waals surface area contributed by atoms with Gasteiger partial charge in [0.15, 0.2) is 0 Å². The van der Waals surface area contributed by atoms with Crippen LogP contribution in [0.25, 0.3) is 0 Å². The molecule has 1 aliphatic carbocycles. The van der Waals surface area contributed by atoms with Gasteiger partial charge in [0, 0.05) is 22.5 Å². The minimum atomic E-state index is 0.539. The molecule has 1 aliphatic rings. The molecule has 0 amide bonds. The third kappa shape index (κ3) is 3.48. The fourth-order valence-corrected chi connectivity index (χ4v) is 2.80. The van der Waals surface area contributed by atoms with Crippen molar-refractivity contribution in [1.82, 2.24) is 20.2 Å². The number of nitrogens with one attached hydrogen (secondary N) is 1. The molecule has 1 aromatic heterocycles. The Morgan fingerprint density at radius 1 is 1.32 bits per heavy atom. The van der Waals surface area contributed by atoms with E-state index in [1.54, 1.807) is 11.8 Å². The van der Waals surface area contributed by atoms with Crippen molar-refractivity contribution in [3.8, 4) is 0 Å². The summed E-state index contributed by atoms with van der Waals surface area (Å²) in [6, 6.07) is 8.72. The molecule has 1 aromatic carbocycles. The molecule has 0 atom stereocenters. The van der Waals surface area contributed by atoms with Crippen LogP contribution in [-0.4, -0.2) is 32.5 Å². The highest BCUT2D eigenvalue weighted by molar-refractivity contribution is 9.10. The van der Waals surface area contributed by atoms with Crippen molar-refractivity contribution in [2.75, 3.05) is 17.6 Å². The standard InChI is InChI=1S/C12H14BrN5S/c13-9-1-3-10(4-2-9)14-7-8-19-12-15-16-17-18(12)11-5-6-11/h1-4,11,14H,5-8H2. The SMILES string of the molecule is Brc1ccc(NCCSc2nnnn2C2CC2)cc1. The summed E-state index contributed by atoms with van der Waals surface area (Å²) in [5, 5.41) is 16.2. The van der Waals surface area contributed by atoms with Gasteiger partial charge in [0.2, 0.25) is 5.16 Å². The summed E-state index contributed by atoms with van der Waals surface area (Å²) in [4.78, 5) is 0. The number of aromatic nitrogens is 4. The highest BCUT2D eigenvalue weighted by atomic mass is 79.9. The summed E-state index contributed by atoms with van der Waals surface area (Å²) in [6.07, 6.45) is 2.41. The van der Waals surface area contributed by atoms with Gasteiger partial charge in [-0.1, -0.05) is 27.7 Å². The average Bonchev–Trinajstić information content (AvgIpc) is 3.16. The smallest absolute Gasteiger partial charge is 0.209 e. The fraction of sp³-hybridized carbons (Fsp3) is 0.417. The zero-order valence-electron chi connectivity index (χ0n) is 10.3. The Labute approximate surface area is 124 Å². The molecule has 0 aliphatic heterocycles. The number of anilines is 1. The molecule has 7 heteroatoms. The van der Waals surface area contributed by atoms with Crippen molar-refractivity contribution in [2.24, 2.45) is 0 Å². The van der Waals surface area contributed by atoms with Crippen LogP contribution >= 0.6 is 27.7 Å². The first kappa shape index (κ1) is 12.9. The Bertz CT molecular complexity index is 537. The lowest BCUT2D eigenvalue weighted by molar-refractivity contribution is 0.565. The molecule has 5 nitrogen and oxygen atoms in total. The van der Waals surface area contributed by atoms with E-state index in [2.05, 4.69) is 48.9 Å². The maximum atomic E-state index is 4.06. The lowest BCUT2D eigenvalue weighted by atomic mass is 10.3. The van der Waals surface area contributed by atoms with Crippen molar-refractivity contribution in [2.45, 2.75) is 24.0 Å². The van der Waals surface area contributed by atoms with E-state index in [0.717, 1.165) is 27.6 Å². The molecule has 1 N–H and O–H groups in total. The van der Waals surface area contributed by atoms with E-state index in [4.69, 9.17) is 0 Å². The maximum absolute atomic E-state index is 4.06. The molecule has 3 rings (SSSR count). The first-order chi connectivity index (χ1) is 9.33. The van der Waals surface area contributed by atoms with Gasteiger partial charge in [0.1, 0.15) is 0 Å². The fourth-order valence-electron chi connectivity index (χ4n) is 1.73. The lowest BCUT2D eigenvalue weighted by Crippen LogP contribution is -2.05. The quantitative estimate of drug-likeness (QED) is 0.647. The van der Waals surface area contributed by atoms with E-state index in [0.29, 0.717) is 6.04 Å². The number of halogens is 1. The summed E-state index contributed by atoms with van der Waals surface area (Å²) in [5.74, 6) is 0.948. The van der Waals surface area contributed by atoms with Crippen molar-refractivity contribution in [1.29, 1.82) is 0 Å². The van der Waals surface area contributed by atoms with Gasteiger partial charge in [0.05, 0.1) is 6.04 Å². The minimum absolute atomic E-state index is 0.539. The summed E-state index contributed by atoms with van der Waals surface area (Å²) >= 11 is 5.12. The van der Waals surface area contributed by atoms with E-state index in [-0.39, 0.29) is 0 Å². The highest BCUT2D eigenvalue weighted by Crippen LogP contribution is 2.36. The molecule has 0 bridgehead atoms. The Balaban J connectivity index is 1.45. The molecular weight excluding hydrogens is 326 g/mol. The van der Waals surface area contributed by atoms with Crippen molar-refractivity contribution >= 4 is 33.4 Å². The molecule has 0 radical (unpaired) electrons. The zero-order chi connectivity index (χ0) is 13.1. The molecule has 0 saturated heterocycles. The Morgan fingerprint density at radius 2 is 2.11 bits per heavy atom. The monoisotopic (exact) mass is 339 g/mol. The number of hydrogen-bond acceptors (Lipinski definition) is 5. The molecule has 2 aromatic rings. The second-order valence-corrected chi connectivity index (χ2v) is 6.40. The zero-order valence-corrected chi connectivity index (χ0v) is 12.7. The third-order valence-electron chi connectivity index (χ3n) is 2.86. The van der Waals surface area contributed by atoms with Crippen LogP contribution in [0.2, 0.25) is 0 Å². The first-order valence-corrected chi connectivity index (χ1v) is 8.01. The molecule has 19 heavy (non-hydrogen) atoms. The lowest BCUT2D eigenvalue weighted by Gasteiger charge is -2.06. The largest absolute Gasteiger partial charge is 0.384 e. The van der Waals surface area contributed by atoms with Crippen LogP contribution in [0.3, 0.4) is 0 Å². The Kier molecular flexibility index (Phi) is 4.03. The van der Waals surface area contributed by atoms with E-state index < -0.39 is 0 Å². The number of rotatable bonds is 6. The van der Waals surface area contributed by atoms with Gasteiger partial charge in [-0.3, -0.25) is 0 Å². The molecule has 0 unspecified atom stereocenters. The van der Waals surface area contributed by atoms with Gasteiger partial charge in [-0.25, -0.2) is 4.68 Å². The predicted molar refractivity (Wildman–Crippen MR) is 79.4 cm³/mol. The first-order valence-electron chi connectivity index (χ1n) is 6.23. The van der Waals surface area contributed by atoms with Gasteiger partial charge in [-0.15, -0.1) is 5.10 Å². The van der Waals surface area contributed by atoms with Gasteiger partial charge < -0.3 is 5.32 Å². The van der Waals surface area contributed by atoms with Crippen molar-refractivity contribution < 1.29 is 0 Å². The second-order valence-electron chi connectivity index (χ2n) is 4.42. The van der Waals surface area contributed by atoms with Gasteiger partial charge >= 0.3 is 0 Å². The van der Waals surface area contributed by atoms with Gasteiger partial charge in [-0.05, 0) is 47.5 Å². The predicted octanol–water partition coefficient (Wildman–Crippen LogP) is 2.97. The van der Waals surface area contributed by atoms with Crippen LogP contribution in [0.1, 0.15) is 18.9 Å². The van der Waals surface area contributed by atoms with Crippen LogP contribution in [0, 0.1) is 0 Å². The molecule has 100 valence electrons. The van der Waals surface area contributed by atoms with Crippen LogP contribution in [0.5, 0.6) is 0 Å². The summed E-state index contributed by atoms with van der Waals surface area (Å²) in [5.41, 5.74) is 1.13. The second kappa shape index (κ2) is 5.92. The summed E-state index contributed by atoms with van der Waals surface area (Å²) < 4.78 is 3.04. The van der Waals surface area contributed by atoms with Crippen LogP contribution in [0.15, 0.2) is 33.9 Å². The normalized spacial score (nSPS) is 14.6. The summed E-state index contributed by atoms with van der Waals surface area (Å²) in [7, 11) is 0. The number of tetrazole rings is 1. The molecular formula is C12H14BrN5S. The third-order valence-corrected chi connectivity index (χ3v) is 4.33. The molecule has 1 heterocycles. The number of thioether (sulfide) groups is 1. The van der Waals surface area contributed by atoms with Crippen molar-refractivity contribution in [3.05, 3.63) is 28.7 Å². The van der Waals surface area contributed by atoms with E-state index in [1.165, 1.54) is 12.8 Å². The molecule has 1 saturated carbocycles.